The minimum Gasteiger partial charge on any atom is -0.468 e. The first-order valence-electron chi connectivity index (χ1n) is 7.14. The molecule has 0 bridgehead atoms. The molecule has 4 rings (SSSR count). The summed E-state index contributed by atoms with van der Waals surface area (Å²) in [7, 11) is 0. The average Bonchev–Trinajstić information content (AvgIpc) is 3.19. The Bertz CT molecular complexity index is 699. The highest BCUT2D eigenvalue weighted by Crippen LogP contribution is 2.16. The lowest BCUT2D eigenvalue weighted by molar-refractivity contribution is 0.194. The molecule has 0 aromatic carbocycles. The highest BCUT2D eigenvalue weighted by atomic mass is 16.3. The van der Waals surface area contributed by atoms with Gasteiger partial charge in [0, 0.05) is 31.7 Å². The van der Waals surface area contributed by atoms with Crippen molar-refractivity contribution in [2.75, 3.05) is 6.54 Å². The molecule has 21 heavy (non-hydrogen) atoms. The monoisotopic (exact) mass is 283 g/mol. The van der Waals surface area contributed by atoms with Crippen molar-refractivity contribution in [3.63, 3.8) is 0 Å². The number of fused-ring (bicyclic) bond motifs is 1. The van der Waals surface area contributed by atoms with Crippen molar-refractivity contribution in [1.82, 2.24) is 24.2 Å². The van der Waals surface area contributed by atoms with E-state index in [-0.39, 0.29) is 0 Å². The van der Waals surface area contributed by atoms with E-state index in [1.54, 1.807) is 12.5 Å². The van der Waals surface area contributed by atoms with Crippen LogP contribution in [0.1, 0.15) is 17.3 Å². The highest BCUT2D eigenvalue weighted by molar-refractivity contribution is 5.07. The predicted molar refractivity (Wildman–Crippen MR) is 76.4 cm³/mol. The molecule has 4 heterocycles. The van der Waals surface area contributed by atoms with E-state index in [4.69, 9.17) is 9.40 Å². The van der Waals surface area contributed by atoms with E-state index < -0.39 is 0 Å². The molecule has 0 spiro atoms. The van der Waals surface area contributed by atoms with Gasteiger partial charge in [-0.3, -0.25) is 9.58 Å². The molecule has 108 valence electrons. The molecule has 3 aromatic heterocycles. The van der Waals surface area contributed by atoms with Gasteiger partial charge in [0.25, 0.3) is 0 Å². The van der Waals surface area contributed by atoms with Gasteiger partial charge in [0.05, 0.1) is 31.6 Å². The lowest BCUT2D eigenvalue weighted by Gasteiger charge is -2.26. The standard InChI is InChI=1S/C15H17N5O/c1-3-14(21-8-1)11-18-6-7-19-9-13(17-15(19)12-18)10-20-5-2-4-16-20/h1-5,8-9H,6-7,10-12H2. The molecule has 1 aliphatic rings. The molecule has 0 N–H and O–H groups in total. The Balaban J connectivity index is 1.46. The van der Waals surface area contributed by atoms with Crippen LogP contribution in [-0.4, -0.2) is 30.8 Å². The molecule has 0 unspecified atom stereocenters. The van der Waals surface area contributed by atoms with Gasteiger partial charge in [0.15, 0.2) is 0 Å². The summed E-state index contributed by atoms with van der Waals surface area (Å²) in [5.74, 6) is 2.13. The van der Waals surface area contributed by atoms with Gasteiger partial charge in [-0.2, -0.15) is 5.10 Å². The van der Waals surface area contributed by atoms with Crippen LogP contribution in [-0.2, 0) is 26.2 Å². The molecule has 0 amide bonds. The molecular formula is C15H17N5O. The maximum Gasteiger partial charge on any atom is 0.123 e. The molecule has 1 aliphatic heterocycles. The van der Waals surface area contributed by atoms with Gasteiger partial charge in [-0.05, 0) is 18.2 Å². The average molecular weight is 283 g/mol. The minimum absolute atomic E-state index is 0.727. The second-order valence-electron chi connectivity index (χ2n) is 5.34. The summed E-state index contributed by atoms with van der Waals surface area (Å²) in [5, 5.41) is 4.23. The largest absolute Gasteiger partial charge is 0.468 e. The number of aromatic nitrogens is 4. The number of nitrogens with zero attached hydrogens (tertiary/aromatic N) is 5. The van der Waals surface area contributed by atoms with Crippen LogP contribution in [0.2, 0.25) is 0 Å². The van der Waals surface area contributed by atoms with Gasteiger partial charge in [-0.25, -0.2) is 4.98 Å². The third kappa shape index (κ3) is 2.62. The van der Waals surface area contributed by atoms with Gasteiger partial charge in [-0.1, -0.05) is 0 Å². The zero-order chi connectivity index (χ0) is 14.1. The summed E-state index contributed by atoms with van der Waals surface area (Å²) >= 11 is 0. The van der Waals surface area contributed by atoms with Gasteiger partial charge in [0.1, 0.15) is 11.6 Å². The molecule has 0 saturated carbocycles. The van der Waals surface area contributed by atoms with Crippen molar-refractivity contribution in [1.29, 1.82) is 0 Å². The highest BCUT2D eigenvalue weighted by Gasteiger charge is 2.19. The van der Waals surface area contributed by atoms with E-state index in [1.165, 1.54) is 0 Å². The van der Waals surface area contributed by atoms with Gasteiger partial charge >= 0.3 is 0 Å². The van der Waals surface area contributed by atoms with Crippen LogP contribution in [0.5, 0.6) is 0 Å². The summed E-state index contributed by atoms with van der Waals surface area (Å²) in [6.07, 6.45) is 7.62. The zero-order valence-electron chi connectivity index (χ0n) is 11.7. The van der Waals surface area contributed by atoms with Crippen LogP contribution in [0.4, 0.5) is 0 Å². The van der Waals surface area contributed by atoms with Crippen LogP contribution < -0.4 is 0 Å². The maximum absolute atomic E-state index is 5.42. The predicted octanol–water partition coefficient (Wildman–Crippen LogP) is 1.74. The number of imidazole rings is 1. The van der Waals surface area contributed by atoms with E-state index in [2.05, 4.69) is 20.8 Å². The third-order valence-electron chi connectivity index (χ3n) is 3.77. The zero-order valence-corrected chi connectivity index (χ0v) is 11.7. The topological polar surface area (TPSA) is 52.0 Å². The Morgan fingerprint density at radius 2 is 2.19 bits per heavy atom. The summed E-state index contributed by atoms with van der Waals surface area (Å²) in [6.45, 7) is 4.42. The molecule has 6 heteroatoms. The Hall–Kier alpha value is -2.34. The van der Waals surface area contributed by atoms with E-state index >= 15 is 0 Å². The Kier molecular flexibility index (Phi) is 3.08. The van der Waals surface area contributed by atoms with Crippen molar-refractivity contribution in [3.05, 3.63) is 60.3 Å². The van der Waals surface area contributed by atoms with Crippen molar-refractivity contribution < 1.29 is 4.42 Å². The van der Waals surface area contributed by atoms with E-state index in [9.17, 15) is 0 Å². The minimum atomic E-state index is 0.727. The summed E-state index contributed by atoms with van der Waals surface area (Å²) < 4.78 is 9.56. The molecule has 0 radical (unpaired) electrons. The van der Waals surface area contributed by atoms with E-state index in [0.717, 1.165) is 50.0 Å². The summed E-state index contributed by atoms with van der Waals surface area (Å²) in [6, 6.07) is 5.88. The molecular weight excluding hydrogens is 266 g/mol. The maximum atomic E-state index is 5.42. The molecule has 3 aromatic rings. The first-order valence-corrected chi connectivity index (χ1v) is 7.14. The quantitative estimate of drug-likeness (QED) is 0.732. The van der Waals surface area contributed by atoms with Gasteiger partial charge in [-0.15, -0.1) is 0 Å². The fourth-order valence-electron chi connectivity index (χ4n) is 2.76. The van der Waals surface area contributed by atoms with Crippen LogP contribution in [0, 0.1) is 0 Å². The Morgan fingerprint density at radius 1 is 1.19 bits per heavy atom. The number of hydrogen-bond donors (Lipinski definition) is 0. The Morgan fingerprint density at radius 3 is 3.00 bits per heavy atom. The van der Waals surface area contributed by atoms with E-state index in [1.807, 2.05) is 29.1 Å². The molecule has 0 fully saturated rings. The van der Waals surface area contributed by atoms with Crippen molar-refractivity contribution >= 4 is 0 Å². The van der Waals surface area contributed by atoms with Crippen molar-refractivity contribution in [2.45, 2.75) is 26.2 Å². The van der Waals surface area contributed by atoms with E-state index in [0.29, 0.717) is 0 Å². The van der Waals surface area contributed by atoms with Gasteiger partial charge < -0.3 is 8.98 Å². The first kappa shape index (κ1) is 12.4. The number of hydrogen-bond acceptors (Lipinski definition) is 4. The Labute approximate surface area is 122 Å². The molecule has 0 saturated heterocycles. The lowest BCUT2D eigenvalue weighted by Crippen LogP contribution is -2.33. The number of furan rings is 1. The van der Waals surface area contributed by atoms with Gasteiger partial charge in [0.2, 0.25) is 0 Å². The third-order valence-corrected chi connectivity index (χ3v) is 3.77. The fraction of sp³-hybridized carbons (Fsp3) is 0.333. The van der Waals surface area contributed by atoms with Crippen LogP contribution in [0.25, 0.3) is 0 Å². The molecule has 0 atom stereocenters. The smallest absolute Gasteiger partial charge is 0.123 e. The molecule has 6 nitrogen and oxygen atoms in total. The lowest BCUT2D eigenvalue weighted by atomic mass is 10.3. The molecule has 0 aliphatic carbocycles. The summed E-state index contributed by atoms with van der Waals surface area (Å²) in [5.41, 5.74) is 1.06. The first-order chi connectivity index (χ1) is 10.4. The number of rotatable bonds is 4. The van der Waals surface area contributed by atoms with Crippen LogP contribution >= 0.6 is 0 Å². The fourth-order valence-corrected chi connectivity index (χ4v) is 2.76. The second kappa shape index (κ2) is 5.21. The van der Waals surface area contributed by atoms with Crippen LogP contribution in [0.3, 0.4) is 0 Å². The van der Waals surface area contributed by atoms with Crippen molar-refractivity contribution in [2.24, 2.45) is 0 Å². The summed E-state index contributed by atoms with van der Waals surface area (Å²) in [4.78, 5) is 7.09. The van der Waals surface area contributed by atoms with Crippen molar-refractivity contribution in [3.8, 4) is 0 Å². The second-order valence-corrected chi connectivity index (χ2v) is 5.34. The van der Waals surface area contributed by atoms with Crippen LogP contribution in [0.15, 0.2) is 47.5 Å². The SMILES string of the molecule is c1coc(CN2CCn3cc(Cn4cccn4)nc3C2)c1. The normalized spacial score (nSPS) is 15.2.